The van der Waals surface area contributed by atoms with Crippen molar-refractivity contribution in [1.82, 2.24) is 5.32 Å². The van der Waals surface area contributed by atoms with Crippen molar-refractivity contribution < 1.29 is 4.74 Å². The molecule has 0 amide bonds. The zero-order valence-electron chi connectivity index (χ0n) is 10.3. The summed E-state index contributed by atoms with van der Waals surface area (Å²) in [6.07, 6.45) is 2.51. The van der Waals surface area contributed by atoms with Gasteiger partial charge in [0.15, 0.2) is 0 Å². The molecular formula is C16H17NO. The predicted molar refractivity (Wildman–Crippen MR) is 72.9 cm³/mol. The molecule has 0 saturated carbocycles. The first-order chi connectivity index (χ1) is 8.92. The molecule has 1 saturated heterocycles. The van der Waals surface area contributed by atoms with E-state index in [0.29, 0.717) is 6.04 Å². The number of hydrogen-bond acceptors (Lipinski definition) is 2. The van der Waals surface area contributed by atoms with E-state index in [0.717, 1.165) is 18.0 Å². The highest BCUT2D eigenvalue weighted by molar-refractivity contribution is 5.34. The van der Waals surface area contributed by atoms with Gasteiger partial charge in [-0.25, -0.2) is 0 Å². The largest absolute Gasteiger partial charge is 0.457 e. The lowest BCUT2D eigenvalue weighted by atomic mass is 10.1. The maximum atomic E-state index is 5.78. The van der Waals surface area contributed by atoms with E-state index in [1.54, 1.807) is 0 Å². The van der Waals surface area contributed by atoms with E-state index in [1.807, 2.05) is 42.5 Å². The molecule has 1 aliphatic heterocycles. The van der Waals surface area contributed by atoms with Crippen molar-refractivity contribution in [2.24, 2.45) is 0 Å². The van der Waals surface area contributed by atoms with Gasteiger partial charge in [-0.1, -0.05) is 30.3 Å². The zero-order valence-corrected chi connectivity index (χ0v) is 10.3. The monoisotopic (exact) mass is 239 g/mol. The Labute approximate surface area is 108 Å². The average molecular weight is 239 g/mol. The highest BCUT2D eigenvalue weighted by Gasteiger charge is 2.15. The summed E-state index contributed by atoms with van der Waals surface area (Å²) in [6, 6.07) is 18.8. The van der Waals surface area contributed by atoms with E-state index in [1.165, 1.54) is 18.4 Å². The minimum atomic E-state index is 0.524. The van der Waals surface area contributed by atoms with Gasteiger partial charge in [0, 0.05) is 6.04 Å². The normalized spacial score (nSPS) is 18.8. The Balaban J connectivity index is 1.71. The summed E-state index contributed by atoms with van der Waals surface area (Å²) in [4.78, 5) is 0. The minimum Gasteiger partial charge on any atom is -0.457 e. The Kier molecular flexibility index (Phi) is 3.29. The molecule has 2 aromatic rings. The van der Waals surface area contributed by atoms with Crippen molar-refractivity contribution in [2.75, 3.05) is 6.54 Å². The van der Waals surface area contributed by atoms with Gasteiger partial charge in [0.1, 0.15) is 11.5 Å². The second-order valence-electron chi connectivity index (χ2n) is 4.63. The van der Waals surface area contributed by atoms with Crippen LogP contribution in [0.4, 0.5) is 0 Å². The van der Waals surface area contributed by atoms with E-state index in [2.05, 4.69) is 17.4 Å². The molecule has 1 N–H and O–H groups in total. The van der Waals surface area contributed by atoms with Crippen LogP contribution in [0.25, 0.3) is 0 Å². The fraction of sp³-hybridized carbons (Fsp3) is 0.250. The van der Waals surface area contributed by atoms with Crippen molar-refractivity contribution in [2.45, 2.75) is 18.9 Å². The number of benzene rings is 2. The Morgan fingerprint density at radius 2 is 1.61 bits per heavy atom. The van der Waals surface area contributed by atoms with Crippen LogP contribution in [-0.4, -0.2) is 6.54 Å². The smallest absolute Gasteiger partial charge is 0.127 e. The van der Waals surface area contributed by atoms with Gasteiger partial charge in [-0.2, -0.15) is 0 Å². The summed E-state index contributed by atoms with van der Waals surface area (Å²) in [6.45, 7) is 1.13. The molecule has 1 unspecified atom stereocenters. The molecular weight excluding hydrogens is 222 g/mol. The maximum absolute atomic E-state index is 5.78. The molecule has 2 aromatic carbocycles. The SMILES string of the molecule is c1ccc(Oc2ccc(C3CCCN3)cc2)cc1. The van der Waals surface area contributed by atoms with Crippen LogP contribution in [-0.2, 0) is 0 Å². The molecule has 2 heteroatoms. The second-order valence-corrected chi connectivity index (χ2v) is 4.63. The first-order valence-corrected chi connectivity index (χ1v) is 6.48. The Hall–Kier alpha value is -1.80. The Morgan fingerprint density at radius 1 is 0.889 bits per heavy atom. The van der Waals surface area contributed by atoms with Gasteiger partial charge in [-0.3, -0.25) is 0 Å². The topological polar surface area (TPSA) is 21.3 Å². The highest BCUT2D eigenvalue weighted by Crippen LogP contribution is 2.26. The molecule has 1 fully saturated rings. The van der Waals surface area contributed by atoms with E-state index in [4.69, 9.17) is 4.74 Å². The van der Waals surface area contributed by atoms with Gasteiger partial charge >= 0.3 is 0 Å². The summed E-state index contributed by atoms with van der Waals surface area (Å²) in [7, 11) is 0. The fourth-order valence-electron chi connectivity index (χ4n) is 2.36. The Morgan fingerprint density at radius 3 is 2.28 bits per heavy atom. The van der Waals surface area contributed by atoms with E-state index in [-0.39, 0.29) is 0 Å². The molecule has 0 aliphatic carbocycles. The average Bonchev–Trinajstić information content (AvgIpc) is 2.95. The first kappa shape index (κ1) is 11.3. The standard InChI is InChI=1S/C16H17NO/c1-2-5-14(6-3-1)18-15-10-8-13(9-11-15)16-7-4-12-17-16/h1-3,5-6,8-11,16-17H,4,7,12H2. The zero-order chi connectivity index (χ0) is 12.2. The Bertz CT molecular complexity index is 486. The summed E-state index contributed by atoms with van der Waals surface area (Å²) in [5.41, 5.74) is 1.35. The molecule has 18 heavy (non-hydrogen) atoms. The van der Waals surface area contributed by atoms with Crippen LogP contribution in [0.2, 0.25) is 0 Å². The molecule has 1 atom stereocenters. The third-order valence-electron chi connectivity index (χ3n) is 3.32. The molecule has 1 aliphatic rings. The van der Waals surface area contributed by atoms with E-state index >= 15 is 0 Å². The van der Waals surface area contributed by atoms with Gasteiger partial charge in [0.05, 0.1) is 0 Å². The maximum Gasteiger partial charge on any atom is 0.127 e. The molecule has 3 rings (SSSR count). The summed E-state index contributed by atoms with van der Waals surface area (Å²) in [5.74, 6) is 1.77. The summed E-state index contributed by atoms with van der Waals surface area (Å²) in [5, 5.41) is 3.50. The number of rotatable bonds is 3. The quantitative estimate of drug-likeness (QED) is 0.877. The van der Waals surface area contributed by atoms with Crippen LogP contribution in [0.15, 0.2) is 54.6 Å². The number of ether oxygens (including phenoxy) is 1. The predicted octanol–water partition coefficient (Wildman–Crippen LogP) is 3.90. The molecule has 0 spiro atoms. The summed E-state index contributed by atoms with van der Waals surface area (Å²) >= 11 is 0. The van der Waals surface area contributed by atoms with Crippen LogP contribution in [0.5, 0.6) is 11.5 Å². The van der Waals surface area contributed by atoms with Crippen LogP contribution < -0.4 is 10.1 Å². The first-order valence-electron chi connectivity index (χ1n) is 6.48. The van der Waals surface area contributed by atoms with Crippen LogP contribution in [0.1, 0.15) is 24.4 Å². The van der Waals surface area contributed by atoms with Gasteiger partial charge < -0.3 is 10.1 Å². The lowest BCUT2D eigenvalue weighted by molar-refractivity contribution is 0.482. The van der Waals surface area contributed by atoms with Crippen molar-refractivity contribution in [3.8, 4) is 11.5 Å². The van der Waals surface area contributed by atoms with Crippen LogP contribution in [0, 0.1) is 0 Å². The molecule has 2 nitrogen and oxygen atoms in total. The minimum absolute atomic E-state index is 0.524. The second kappa shape index (κ2) is 5.23. The van der Waals surface area contributed by atoms with Crippen molar-refractivity contribution >= 4 is 0 Å². The third kappa shape index (κ3) is 2.54. The van der Waals surface area contributed by atoms with Gasteiger partial charge in [-0.05, 0) is 49.2 Å². The van der Waals surface area contributed by atoms with E-state index in [9.17, 15) is 0 Å². The van der Waals surface area contributed by atoms with Crippen molar-refractivity contribution in [3.63, 3.8) is 0 Å². The fourth-order valence-corrected chi connectivity index (χ4v) is 2.36. The molecule has 0 aromatic heterocycles. The van der Waals surface area contributed by atoms with Gasteiger partial charge in [0.2, 0.25) is 0 Å². The highest BCUT2D eigenvalue weighted by atomic mass is 16.5. The number of hydrogen-bond donors (Lipinski definition) is 1. The van der Waals surface area contributed by atoms with Crippen molar-refractivity contribution in [1.29, 1.82) is 0 Å². The van der Waals surface area contributed by atoms with Gasteiger partial charge in [0.25, 0.3) is 0 Å². The number of para-hydroxylation sites is 1. The molecule has 92 valence electrons. The van der Waals surface area contributed by atoms with Gasteiger partial charge in [-0.15, -0.1) is 0 Å². The molecule has 1 heterocycles. The van der Waals surface area contributed by atoms with E-state index < -0.39 is 0 Å². The van der Waals surface area contributed by atoms with Crippen molar-refractivity contribution in [3.05, 3.63) is 60.2 Å². The van der Waals surface area contributed by atoms with Crippen LogP contribution >= 0.6 is 0 Å². The third-order valence-corrected chi connectivity index (χ3v) is 3.32. The summed E-state index contributed by atoms with van der Waals surface area (Å²) < 4.78 is 5.78. The lowest BCUT2D eigenvalue weighted by Gasteiger charge is -2.11. The van der Waals surface area contributed by atoms with Crippen LogP contribution in [0.3, 0.4) is 0 Å². The lowest BCUT2D eigenvalue weighted by Crippen LogP contribution is -2.12. The number of nitrogens with one attached hydrogen (secondary N) is 1. The molecule has 0 radical (unpaired) electrons. The molecule has 0 bridgehead atoms.